The number of aryl methyl sites for hydroxylation is 1. The molecule has 2 aromatic rings. The first-order chi connectivity index (χ1) is 16.5. The molecule has 0 spiro atoms. The van der Waals surface area contributed by atoms with E-state index in [1.165, 1.54) is 33.1 Å². The van der Waals surface area contributed by atoms with E-state index in [1.807, 2.05) is 37.3 Å². The normalized spacial score (nSPS) is 25.7. The molecule has 1 N–H and O–H groups in total. The minimum absolute atomic E-state index is 0.142. The van der Waals surface area contributed by atoms with E-state index in [0.717, 1.165) is 5.56 Å². The summed E-state index contributed by atoms with van der Waals surface area (Å²) in [6.07, 6.45) is 0.142. The lowest BCUT2D eigenvalue weighted by molar-refractivity contribution is -0.164. The van der Waals surface area contributed by atoms with Gasteiger partial charge in [-0.2, -0.15) is 0 Å². The fourth-order valence-corrected chi connectivity index (χ4v) is 6.97. The lowest BCUT2D eigenvalue weighted by atomic mass is 9.95. The van der Waals surface area contributed by atoms with E-state index in [9.17, 15) is 14.4 Å². The van der Waals surface area contributed by atoms with Crippen molar-refractivity contribution in [2.75, 3.05) is 12.4 Å². The van der Waals surface area contributed by atoms with Gasteiger partial charge >= 0.3 is 5.97 Å². The monoisotopic (exact) mass is 578 g/mol. The van der Waals surface area contributed by atoms with Gasteiger partial charge in [0.1, 0.15) is 24.1 Å². The third-order valence-corrected chi connectivity index (χ3v) is 9.03. The molecular formula is C20H21Cl3N6O4S2. The molecule has 35 heavy (non-hydrogen) atoms. The van der Waals surface area contributed by atoms with Crippen molar-refractivity contribution in [1.82, 2.24) is 30.4 Å². The summed E-state index contributed by atoms with van der Waals surface area (Å²) in [7, 11) is 1.70. The minimum atomic E-state index is -1.79. The number of nitrogens with one attached hydrogen (secondary N) is 1. The van der Waals surface area contributed by atoms with Crippen LogP contribution >= 0.6 is 58.3 Å². The van der Waals surface area contributed by atoms with Crippen LogP contribution in [-0.2, 0) is 32.6 Å². The Morgan fingerprint density at radius 3 is 2.63 bits per heavy atom. The number of rotatable bonds is 8. The fraction of sp³-hybridized carbons (Fsp3) is 0.500. The highest BCUT2D eigenvalue weighted by Gasteiger charge is 2.66. The van der Waals surface area contributed by atoms with E-state index >= 15 is 0 Å². The minimum Gasteiger partial charge on any atom is -0.460 e. The number of esters is 1. The molecule has 1 aromatic carbocycles. The van der Waals surface area contributed by atoms with Gasteiger partial charge in [-0.3, -0.25) is 9.59 Å². The Balaban J connectivity index is 1.49. The zero-order chi connectivity index (χ0) is 25.4. The third-order valence-electron chi connectivity index (χ3n) is 5.52. The van der Waals surface area contributed by atoms with Gasteiger partial charge in [-0.05, 0) is 22.9 Å². The van der Waals surface area contributed by atoms with Crippen LogP contribution in [0.4, 0.5) is 0 Å². The van der Waals surface area contributed by atoms with Crippen molar-refractivity contribution in [1.29, 1.82) is 0 Å². The van der Waals surface area contributed by atoms with Crippen LogP contribution in [0.15, 0.2) is 35.5 Å². The Morgan fingerprint density at radius 2 is 2.00 bits per heavy atom. The summed E-state index contributed by atoms with van der Waals surface area (Å²) in [5.41, 5.74) is 0.833. The first kappa shape index (κ1) is 26.3. The first-order valence-corrected chi connectivity index (χ1v) is 13.4. The predicted molar refractivity (Wildman–Crippen MR) is 133 cm³/mol. The number of tetrazole rings is 1. The molecule has 10 nitrogen and oxygen atoms in total. The van der Waals surface area contributed by atoms with Crippen LogP contribution in [0.5, 0.6) is 0 Å². The van der Waals surface area contributed by atoms with Crippen LogP contribution < -0.4 is 5.32 Å². The molecule has 2 amide bonds. The topological polar surface area (TPSA) is 119 Å². The summed E-state index contributed by atoms with van der Waals surface area (Å²) in [5, 5.41) is 14.3. The standard InChI is InChI=1S/C20H21Cl3N6O4S2/c1-19(10-34-18-25-26-27-28(18)2)14(17(32)33-9-20(21,22)23)29-15(31)13(16(29)35-19)24-12(30)8-11-6-4-3-5-7-11/h3-7,13-14,16H,8-10H2,1-2H3,(H,24,30)/t13?,14?,16-,19?/m1/s1. The summed E-state index contributed by atoms with van der Waals surface area (Å²) < 4.78 is 4.19. The number of nitrogens with zero attached hydrogens (tertiary/aromatic N) is 5. The van der Waals surface area contributed by atoms with E-state index in [-0.39, 0.29) is 18.2 Å². The molecule has 2 aliphatic heterocycles. The molecule has 0 bridgehead atoms. The Morgan fingerprint density at radius 1 is 1.29 bits per heavy atom. The second kappa shape index (κ2) is 10.3. The molecule has 3 unspecified atom stereocenters. The highest BCUT2D eigenvalue weighted by molar-refractivity contribution is 8.04. The number of ether oxygens (including phenoxy) is 1. The highest BCUT2D eigenvalue weighted by atomic mass is 35.6. The molecule has 4 rings (SSSR count). The summed E-state index contributed by atoms with van der Waals surface area (Å²) in [6.45, 7) is 1.39. The number of hydrogen-bond acceptors (Lipinski definition) is 9. The van der Waals surface area contributed by atoms with Crippen molar-refractivity contribution in [2.24, 2.45) is 7.05 Å². The van der Waals surface area contributed by atoms with Crippen molar-refractivity contribution in [2.45, 2.75) is 44.5 Å². The van der Waals surface area contributed by atoms with Crippen molar-refractivity contribution in [3.63, 3.8) is 0 Å². The number of aromatic nitrogens is 4. The smallest absolute Gasteiger partial charge is 0.330 e. The third kappa shape index (κ3) is 5.82. The molecular weight excluding hydrogens is 559 g/mol. The Kier molecular flexibility index (Phi) is 7.77. The molecule has 3 heterocycles. The highest BCUT2D eigenvalue weighted by Crippen LogP contribution is 2.53. The van der Waals surface area contributed by atoms with Gasteiger partial charge in [0.05, 0.1) is 11.2 Å². The number of alkyl halides is 3. The van der Waals surface area contributed by atoms with E-state index in [4.69, 9.17) is 39.5 Å². The SMILES string of the molecule is Cn1nnnc1SCC1(C)S[C@@H]2C(NC(=O)Cc3ccccc3)C(=O)N2C1C(=O)OCC(Cl)(Cl)Cl. The van der Waals surface area contributed by atoms with Crippen molar-refractivity contribution in [3.05, 3.63) is 35.9 Å². The van der Waals surface area contributed by atoms with Crippen LogP contribution in [0.25, 0.3) is 0 Å². The van der Waals surface area contributed by atoms with Gasteiger partial charge in [0.2, 0.25) is 20.8 Å². The van der Waals surface area contributed by atoms with Gasteiger partial charge in [0, 0.05) is 12.8 Å². The number of halogens is 3. The van der Waals surface area contributed by atoms with E-state index in [1.54, 1.807) is 7.05 Å². The number of carbonyl (C=O) groups is 3. The number of benzene rings is 1. The summed E-state index contributed by atoms with van der Waals surface area (Å²) in [4.78, 5) is 40.2. The lowest BCUT2D eigenvalue weighted by Gasteiger charge is -2.44. The second-order valence-corrected chi connectivity index (χ2v) is 13.4. The molecule has 15 heteroatoms. The Bertz CT molecular complexity index is 1120. The van der Waals surface area contributed by atoms with Gasteiger partial charge in [-0.25, -0.2) is 9.48 Å². The number of fused-ring (bicyclic) bond motifs is 1. The van der Waals surface area contributed by atoms with Crippen molar-refractivity contribution < 1.29 is 19.1 Å². The molecule has 188 valence electrons. The molecule has 2 aliphatic rings. The maximum atomic E-state index is 13.1. The van der Waals surface area contributed by atoms with Crippen LogP contribution in [-0.4, -0.2) is 81.2 Å². The Labute approximate surface area is 224 Å². The number of thioether (sulfide) groups is 2. The molecule has 0 saturated carbocycles. The zero-order valence-electron chi connectivity index (χ0n) is 18.6. The average Bonchev–Trinajstić information content (AvgIpc) is 3.33. The van der Waals surface area contributed by atoms with Gasteiger partial charge in [0.25, 0.3) is 0 Å². The second-order valence-electron chi connectivity index (χ2n) is 8.27. The van der Waals surface area contributed by atoms with E-state index in [2.05, 4.69) is 20.8 Å². The van der Waals surface area contributed by atoms with Crippen molar-refractivity contribution in [3.8, 4) is 0 Å². The quantitative estimate of drug-likeness (QED) is 0.217. The fourth-order valence-electron chi connectivity index (χ4n) is 3.92. The van der Waals surface area contributed by atoms with Gasteiger partial charge in [-0.15, -0.1) is 16.9 Å². The van der Waals surface area contributed by atoms with Gasteiger partial charge in [0.15, 0.2) is 0 Å². The number of amides is 2. The molecule has 2 saturated heterocycles. The Hall–Kier alpha value is -1.73. The van der Waals surface area contributed by atoms with Crippen molar-refractivity contribution >= 4 is 76.1 Å². The molecule has 4 atom stereocenters. The maximum Gasteiger partial charge on any atom is 0.330 e. The molecule has 0 radical (unpaired) electrons. The van der Waals surface area contributed by atoms with E-state index < -0.39 is 38.6 Å². The lowest BCUT2D eigenvalue weighted by Crippen LogP contribution is -2.71. The number of β-lactam (4-membered cyclic amide) rings is 1. The summed E-state index contributed by atoms with van der Waals surface area (Å²) >= 11 is 20.0. The van der Waals surface area contributed by atoms with E-state index in [0.29, 0.717) is 10.9 Å². The van der Waals surface area contributed by atoms with Crippen LogP contribution in [0.2, 0.25) is 0 Å². The summed E-state index contributed by atoms with van der Waals surface area (Å²) in [6, 6.07) is 7.51. The van der Waals surface area contributed by atoms with Crippen LogP contribution in [0.3, 0.4) is 0 Å². The molecule has 1 aromatic heterocycles. The number of carbonyl (C=O) groups excluding carboxylic acids is 3. The average molecular weight is 580 g/mol. The van der Waals surface area contributed by atoms with Crippen LogP contribution in [0.1, 0.15) is 12.5 Å². The largest absolute Gasteiger partial charge is 0.460 e. The first-order valence-electron chi connectivity index (χ1n) is 10.4. The summed E-state index contributed by atoms with van der Waals surface area (Å²) in [5.74, 6) is -0.954. The molecule has 2 fully saturated rings. The zero-order valence-corrected chi connectivity index (χ0v) is 22.5. The van der Waals surface area contributed by atoms with Gasteiger partial charge in [-0.1, -0.05) is 76.9 Å². The maximum absolute atomic E-state index is 13.1. The number of hydrogen-bond donors (Lipinski definition) is 1. The van der Waals surface area contributed by atoms with Gasteiger partial charge < -0.3 is 15.0 Å². The van der Waals surface area contributed by atoms with Crippen LogP contribution in [0, 0.1) is 0 Å². The molecule has 0 aliphatic carbocycles. The predicted octanol–water partition coefficient (Wildman–Crippen LogP) is 1.99.